The summed E-state index contributed by atoms with van der Waals surface area (Å²) in [6.07, 6.45) is -3.33. The van der Waals surface area contributed by atoms with E-state index in [2.05, 4.69) is 25.1 Å². The highest BCUT2D eigenvalue weighted by molar-refractivity contribution is 8.15. The van der Waals surface area contributed by atoms with Crippen LogP contribution >= 0.6 is 11.8 Å². The van der Waals surface area contributed by atoms with E-state index < -0.39 is 12.4 Å². The summed E-state index contributed by atoms with van der Waals surface area (Å²) in [6.45, 7) is 4.07. The normalized spacial score (nSPS) is 14.6. The average molecular weight is 581 g/mol. The molecule has 1 fully saturated rings. The van der Waals surface area contributed by atoms with Crippen molar-refractivity contribution >= 4 is 40.2 Å². The van der Waals surface area contributed by atoms with Gasteiger partial charge in [-0.15, -0.1) is 18.3 Å². The fourth-order valence-electron chi connectivity index (χ4n) is 4.12. The number of rotatable bonds is 6. The molecule has 5 rings (SSSR count). The van der Waals surface area contributed by atoms with Gasteiger partial charge in [0, 0.05) is 11.3 Å². The molecule has 1 N–H and O–H groups in total. The van der Waals surface area contributed by atoms with Gasteiger partial charge in [0.2, 0.25) is 5.91 Å². The molecule has 1 aliphatic heterocycles. The first-order valence-corrected chi connectivity index (χ1v) is 13.4. The molecule has 4 aromatic rings. The summed E-state index contributed by atoms with van der Waals surface area (Å²) in [6, 6.07) is 18.9. The Balaban J connectivity index is 1.26. The topological polar surface area (TPSA) is 102 Å². The molecule has 1 aromatic heterocycles. The van der Waals surface area contributed by atoms with E-state index in [1.54, 1.807) is 24.3 Å². The molecule has 2 heterocycles. The van der Waals surface area contributed by atoms with E-state index in [-0.39, 0.29) is 23.3 Å². The van der Waals surface area contributed by atoms with Crippen LogP contribution < -0.4 is 15.0 Å². The number of aliphatic imine (C=N–C) groups is 1. The van der Waals surface area contributed by atoms with E-state index in [9.17, 15) is 22.8 Å². The second-order valence-corrected chi connectivity index (χ2v) is 10.1. The van der Waals surface area contributed by atoms with E-state index in [1.165, 1.54) is 51.9 Å². The third-order valence-electron chi connectivity index (χ3n) is 5.98. The SMILES string of the molecule is CC(C)c1ccccc1N1C(=O)CSC1=NC(=O)Nc1ccc(-c2ncn(-c3ccc(OC(F)(F)F)cc3)n2)cc1. The van der Waals surface area contributed by atoms with Gasteiger partial charge >= 0.3 is 12.4 Å². The van der Waals surface area contributed by atoms with Crippen LogP contribution in [0.5, 0.6) is 5.75 Å². The van der Waals surface area contributed by atoms with Crippen LogP contribution in [0.4, 0.5) is 29.3 Å². The number of nitrogens with one attached hydrogen (secondary N) is 1. The Morgan fingerprint density at radius 3 is 2.44 bits per heavy atom. The zero-order chi connectivity index (χ0) is 29.1. The summed E-state index contributed by atoms with van der Waals surface area (Å²) in [5, 5.41) is 7.39. The minimum Gasteiger partial charge on any atom is -0.406 e. The summed E-state index contributed by atoms with van der Waals surface area (Å²) in [5.74, 6) is 0.266. The third kappa shape index (κ3) is 6.57. The number of nitrogens with zero attached hydrogens (tertiary/aromatic N) is 5. The second kappa shape index (κ2) is 11.5. The minimum atomic E-state index is -4.77. The van der Waals surface area contributed by atoms with E-state index in [0.717, 1.165) is 5.56 Å². The fourth-order valence-corrected chi connectivity index (χ4v) is 4.98. The van der Waals surface area contributed by atoms with Crippen LogP contribution in [0.15, 0.2) is 84.1 Å². The quantitative estimate of drug-likeness (QED) is 0.275. The van der Waals surface area contributed by atoms with Crippen molar-refractivity contribution in [1.82, 2.24) is 14.8 Å². The van der Waals surface area contributed by atoms with Gasteiger partial charge in [-0.2, -0.15) is 4.99 Å². The van der Waals surface area contributed by atoms with Gasteiger partial charge in [-0.25, -0.2) is 14.5 Å². The first-order valence-electron chi connectivity index (χ1n) is 12.4. The van der Waals surface area contributed by atoms with Crippen molar-refractivity contribution in [2.75, 3.05) is 16.0 Å². The van der Waals surface area contributed by atoms with Gasteiger partial charge in [-0.3, -0.25) is 9.69 Å². The van der Waals surface area contributed by atoms with Crippen molar-refractivity contribution in [3.8, 4) is 22.8 Å². The smallest absolute Gasteiger partial charge is 0.406 e. The Kier molecular flexibility index (Phi) is 7.79. The standard InChI is InChI=1S/C28H23F3N6O3S/c1-17(2)22-5-3-4-6-23(22)37-24(38)15-41-27(37)34-26(39)33-19-9-7-18(8-10-19)25-32-16-36(35-25)20-11-13-21(14-12-20)40-28(29,30)31/h3-14,16-17H,15H2,1-2H3,(H,33,39). The largest absolute Gasteiger partial charge is 0.573 e. The number of halogens is 3. The number of thioether (sulfide) groups is 1. The second-order valence-electron chi connectivity index (χ2n) is 9.19. The maximum absolute atomic E-state index is 12.7. The van der Waals surface area contributed by atoms with Crippen molar-refractivity contribution in [3.05, 3.63) is 84.7 Å². The number of carbonyl (C=O) groups is 2. The fraction of sp³-hybridized carbons (Fsp3) is 0.179. The van der Waals surface area contributed by atoms with Gasteiger partial charge in [0.1, 0.15) is 12.1 Å². The molecule has 1 saturated heterocycles. The Labute approximate surface area is 237 Å². The van der Waals surface area contributed by atoms with Gasteiger partial charge in [-0.1, -0.05) is 43.8 Å². The van der Waals surface area contributed by atoms with Crippen LogP contribution in [0, 0.1) is 0 Å². The lowest BCUT2D eigenvalue weighted by Gasteiger charge is -2.21. The highest BCUT2D eigenvalue weighted by Crippen LogP contribution is 2.33. The number of alkyl halides is 3. The van der Waals surface area contributed by atoms with Gasteiger partial charge in [0.25, 0.3) is 0 Å². The molecule has 41 heavy (non-hydrogen) atoms. The van der Waals surface area contributed by atoms with Crippen LogP contribution in [0.25, 0.3) is 17.1 Å². The first-order chi connectivity index (χ1) is 19.6. The van der Waals surface area contributed by atoms with Crippen LogP contribution in [-0.2, 0) is 4.79 Å². The molecular weight excluding hydrogens is 557 g/mol. The van der Waals surface area contributed by atoms with Crippen molar-refractivity contribution in [3.63, 3.8) is 0 Å². The Hall–Kier alpha value is -4.65. The van der Waals surface area contributed by atoms with E-state index in [0.29, 0.717) is 33.6 Å². The number of carbonyl (C=O) groups excluding carboxylic acids is 2. The number of amidine groups is 1. The lowest BCUT2D eigenvalue weighted by Crippen LogP contribution is -2.31. The Bertz CT molecular complexity index is 1600. The number of ether oxygens (including phenoxy) is 1. The predicted molar refractivity (Wildman–Crippen MR) is 150 cm³/mol. The van der Waals surface area contributed by atoms with Crippen molar-refractivity contribution in [2.24, 2.45) is 4.99 Å². The highest BCUT2D eigenvalue weighted by Gasteiger charge is 2.32. The summed E-state index contributed by atoms with van der Waals surface area (Å²) in [7, 11) is 0. The Morgan fingerprint density at radius 1 is 1.05 bits per heavy atom. The van der Waals surface area contributed by atoms with Crippen LogP contribution in [0.1, 0.15) is 25.3 Å². The zero-order valence-electron chi connectivity index (χ0n) is 21.8. The van der Waals surface area contributed by atoms with Crippen molar-refractivity contribution in [1.29, 1.82) is 0 Å². The van der Waals surface area contributed by atoms with Crippen molar-refractivity contribution < 1.29 is 27.5 Å². The lowest BCUT2D eigenvalue weighted by molar-refractivity contribution is -0.274. The monoisotopic (exact) mass is 580 g/mol. The van der Waals surface area contributed by atoms with Crippen molar-refractivity contribution in [2.45, 2.75) is 26.1 Å². The molecule has 0 radical (unpaired) electrons. The first kappa shape index (κ1) is 27.9. The average Bonchev–Trinajstić information content (AvgIpc) is 3.56. The zero-order valence-corrected chi connectivity index (χ0v) is 22.6. The van der Waals surface area contributed by atoms with E-state index in [1.807, 2.05) is 38.1 Å². The number of urea groups is 1. The molecular formula is C28H23F3N6O3S. The molecule has 0 unspecified atom stereocenters. The lowest BCUT2D eigenvalue weighted by atomic mass is 10.0. The molecule has 210 valence electrons. The van der Waals surface area contributed by atoms with Gasteiger partial charge in [-0.05, 0) is 66.1 Å². The number of anilines is 2. The third-order valence-corrected chi connectivity index (χ3v) is 6.91. The van der Waals surface area contributed by atoms with Crippen LogP contribution in [0.2, 0.25) is 0 Å². The molecule has 0 atom stereocenters. The summed E-state index contributed by atoms with van der Waals surface area (Å²) >= 11 is 1.21. The van der Waals surface area contributed by atoms with Gasteiger partial charge < -0.3 is 10.1 Å². The molecule has 0 spiro atoms. The van der Waals surface area contributed by atoms with E-state index in [4.69, 9.17) is 0 Å². The predicted octanol–water partition coefficient (Wildman–Crippen LogP) is 6.62. The highest BCUT2D eigenvalue weighted by atomic mass is 32.2. The summed E-state index contributed by atoms with van der Waals surface area (Å²) in [4.78, 5) is 35.3. The number of aromatic nitrogens is 3. The number of benzene rings is 3. The van der Waals surface area contributed by atoms with Crippen LogP contribution in [-0.4, -0.2) is 44.0 Å². The maximum Gasteiger partial charge on any atom is 0.573 e. The van der Waals surface area contributed by atoms with E-state index >= 15 is 0 Å². The molecule has 0 bridgehead atoms. The number of hydrogen-bond donors (Lipinski definition) is 1. The van der Waals surface area contributed by atoms with Crippen LogP contribution in [0.3, 0.4) is 0 Å². The molecule has 3 aromatic carbocycles. The molecule has 3 amide bonds. The molecule has 0 saturated carbocycles. The van der Waals surface area contributed by atoms with Gasteiger partial charge in [0.15, 0.2) is 11.0 Å². The maximum atomic E-state index is 12.7. The number of amides is 3. The number of hydrogen-bond acceptors (Lipinski definition) is 6. The molecule has 9 nitrogen and oxygen atoms in total. The molecule has 1 aliphatic rings. The number of para-hydroxylation sites is 1. The summed E-state index contributed by atoms with van der Waals surface area (Å²) in [5.41, 5.74) is 3.32. The minimum absolute atomic E-state index is 0.142. The molecule has 0 aliphatic carbocycles. The molecule has 13 heteroatoms. The summed E-state index contributed by atoms with van der Waals surface area (Å²) < 4.78 is 42.4. The Morgan fingerprint density at radius 2 is 1.76 bits per heavy atom. The van der Waals surface area contributed by atoms with Gasteiger partial charge in [0.05, 0.1) is 17.1 Å².